The molecular formula is C35H37Cl2N3O4S. The van der Waals surface area contributed by atoms with Crippen LogP contribution in [-0.4, -0.2) is 44.3 Å². The van der Waals surface area contributed by atoms with Crippen molar-refractivity contribution in [2.24, 2.45) is 0 Å². The summed E-state index contributed by atoms with van der Waals surface area (Å²) < 4.78 is 29.4. The number of sulfonamides is 1. The molecule has 0 radical (unpaired) electrons. The van der Waals surface area contributed by atoms with E-state index < -0.39 is 28.5 Å². The van der Waals surface area contributed by atoms with E-state index in [1.165, 1.54) is 23.1 Å². The SMILES string of the molecule is CCCNC(=O)[C@@H](Cc1ccccc1)N(Cc1ccccc1Cl)C(=O)CN(c1ccc(C)c(Cl)c1)S(=O)(=O)c1ccc(C)cc1. The number of carbonyl (C=O) groups excluding carboxylic acids is 2. The second-order valence-electron chi connectivity index (χ2n) is 10.9. The third kappa shape index (κ3) is 8.66. The first-order chi connectivity index (χ1) is 21.5. The summed E-state index contributed by atoms with van der Waals surface area (Å²) in [6.45, 7) is 5.45. The number of anilines is 1. The zero-order valence-electron chi connectivity index (χ0n) is 25.5. The van der Waals surface area contributed by atoms with E-state index in [-0.39, 0.29) is 29.5 Å². The van der Waals surface area contributed by atoms with Crippen molar-refractivity contribution in [2.45, 2.75) is 51.1 Å². The van der Waals surface area contributed by atoms with Crippen molar-refractivity contribution in [3.8, 4) is 0 Å². The normalized spacial score (nSPS) is 11.9. The lowest BCUT2D eigenvalue weighted by atomic mass is 10.0. The number of hydrogen-bond donors (Lipinski definition) is 1. The molecular weight excluding hydrogens is 629 g/mol. The van der Waals surface area contributed by atoms with E-state index in [9.17, 15) is 18.0 Å². The van der Waals surface area contributed by atoms with Crippen LogP contribution in [0.15, 0.2) is 102 Å². The highest BCUT2D eigenvalue weighted by atomic mass is 35.5. The lowest BCUT2D eigenvalue weighted by molar-refractivity contribution is -0.140. The number of hydrogen-bond acceptors (Lipinski definition) is 4. The molecule has 45 heavy (non-hydrogen) atoms. The highest BCUT2D eigenvalue weighted by Crippen LogP contribution is 2.29. The average molecular weight is 667 g/mol. The molecule has 1 N–H and O–H groups in total. The number of benzene rings is 4. The Hall–Kier alpha value is -3.85. The second kappa shape index (κ2) is 15.4. The first kappa shape index (κ1) is 34.0. The fourth-order valence-electron chi connectivity index (χ4n) is 4.83. The van der Waals surface area contributed by atoms with Crippen LogP contribution in [0.3, 0.4) is 0 Å². The Kier molecular flexibility index (Phi) is 11.7. The van der Waals surface area contributed by atoms with E-state index in [1.807, 2.05) is 51.1 Å². The molecule has 4 aromatic rings. The van der Waals surface area contributed by atoms with E-state index >= 15 is 0 Å². The molecule has 0 bridgehead atoms. The lowest BCUT2D eigenvalue weighted by Crippen LogP contribution is -2.53. The maximum Gasteiger partial charge on any atom is 0.264 e. The maximum atomic E-state index is 14.5. The van der Waals surface area contributed by atoms with Crippen molar-refractivity contribution in [2.75, 3.05) is 17.4 Å². The van der Waals surface area contributed by atoms with Crippen LogP contribution in [0.2, 0.25) is 10.0 Å². The van der Waals surface area contributed by atoms with Gasteiger partial charge in [0.1, 0.15) is 12.6 Å². The fourth-order valence-corrected chi connectivity index (χ4v) is 6.61. The van der Waals surface area contributed by atoms with Gasteiger partial charge in [-0.25, -0.2) is 8.42 Å². The van der Waals surface area contributed by atoms with Gasteiger partial charge < -0.3 is 10.2 Å². The van der Waals surface area contributed by atoms with Crippen molar-refractivity contribution in [3.63, 3.8) is 0 Å². The number of nitrogens with one attached hydrogen (secondary N) is 1. The van der Waals surface area contributed by atoms with Gasteiger partial charge in [-0.1, -0.05) is 102 Å². The number of rotatable bonds is 13. The zero-order chi connectivity index (χ0) is 32.6. The smallest absolute Gasteiger partial charge is 0.264 e. The van der Waals surface area contributed by atoms with Gasteiger partial charge in [0.25, 0.3) is 10.0 Å². The Morgan fingerprint density at radius 1 is 0.844 bits per heavy atom. The number of aryl methyl sites for hydroxylation is 2. The Labute approximate surface area is 275 Å². The van der Waals surface area contributed by atoms with Crippen LogP contribution in [-0.2, 0) is 32.6 Å². The Balaban J connectivity index is 1.82. The van der Waals surface area contributed by atoms with Crippen molar-refractivity contribution < 1.29 is 18.0 Å². The first-order valence-corrected chi connectivity index (χ1v) is 16.9. The topological polar surface area (TPSA) is 86.8 Å². The molecule has 1 atom stereocenters. The summed E-state index contributed by atoms with van der Waals surface area (Å²) in [5.41, 5.74) is 3.35. The third-order valence-electron chi connectivity index (χ3n) is 7.45. The Morgan fingerprint density at radius 2 is 1.51 bits per heavy atom. The molecule has 7 nitrogen and oxygen atoms in total. The van der Waals surface area contributed by atoms with Gasteiger partial charge in [-0.15, -0.1) is 0 Å². The van der Waals surface area contributed by atoms with Crippen molar-refractivity contribution in [3.05, 3.63) is 129 Å². The molecule has 4 aromatic carbocycles. The van der Waals surface area contributed by atoms with E-state index in [2.05, 4.69) is 5.32 Å². The van der Waals surface area contributed by atoms with Gasteiger partial charge in [-0.2, -0.15) is 0 Å². The minimum absolute atomic E-state index is 0.0113. The molecule has 236 valence electrons. The maximum absolute atomic E-state index is 14.5. The Bertz CT molecular complexity index is 1730. The molecule has 2 amide bonds. The highest BCUT2D eigenvalue weighted by molar-refractivity contribution is 7.92. The van der Waals surface area contributed by atoms with Gasteiger partial charge >= 0.3 is 0 Å². The molecule has 0 unspecified atom stereocenters. The monoisotopic (exact) mass is 665 g/mol. The van der Waals surface area contributed by atoms with E-state index in [1.54, 1.807) is 48.5 Å². The molecule has 0 saturated carbocycles. The minimum atomic E-state index is -4.23. The van der Waals surface area contributed by atoms with Crippen molar-refractivity contribution >= 4 is 50.7 Å². The Morgan fingerprint density at radius 3 is 2.16 bits per heavy atom. The molecule has 0 aliphatic carbocycles. The van der Waals surface area contributed by atoms with Gasteiger partial charge in [0.2, 0.25) is 11.8 Å². The molecule has 10 heteroatoms. The molecule has 0 aliphatic rings. The summed E-state index contributed by atoms with van der Waals surface area (Å²) in [5, 5.41) is 3.72. The predicted molar refractivity (Wildman–Crippen MR) is 181 cm³/mol. The van der Waals surface area contributed by atoms with Gasteiger partial charge in [0, 0.05) is 29.6 Å². The highest BCUT2D eigenvalue weighted by Gasteiger charge is 2.35. The molecule has 0 aliphatic heterocycles. The van der Waals surface area contributed by atoms with Crippen LogP contribution < -0.4 is 9.62 Å². The standard InChI is InChI=1S/C35H37Cl2N3O4S/c1-4-20-38-35(42)33(21-27-10-6-5-7-11-27)39(23-28-12-8-9-13-31(28)36)34(41)24-40(29-17-16-26(3)32(37)22-29)45(43,44)30-18-14-25(2)15-19-30/h5-19,22,33H,4,20-21,23-24H2,1-3H3,(H,38,42)/t33-/m1/s1. The van der Waals surface area contributed by atoms with Crippen LogP contribution in [0.25, 0.3) is 0 Å². The number of carbonyl (C=O) groups is 2. The van der Waals surface area contributed by atoms with Crippen molar-refractivity contribution in [1.29, 1.82) is 0 Å². The summed E-state index contributed by atoms with van der Waals surface area (Å²) in [7, 11) is -4.23. The molecule has 4 rings (SSSR count). The number of amides is 2. The minimum Gasteiger partial charge on any atom is -0.354 e. The van der Waals surface area contributed by atoms with Crippen LogP contribution in [0.4, 0.5) is 5.69 Å². The van der Waals surface area contributed by atoms with Crippen molar-refractivity contribution in [1.82, 2.24) is 10.2 Å². The number of nitrogens with zero attached hydrogens (tertiary/aromatic N) is 2. The van der Waals surface area contributed by atoms with Crippen LogP contribution >= 0.6 is 23.2 Å². The van der Waals surface area contributed by atoms with Gasteiger partial charge in [0.15, 0.2) is 0 Å². The van der Waals surface area contributed by atoms with Crippen LogP contribution in [0.5, 0.6) is 0 Å². The third-order valence-corrected chi connectivity index (χ3v) is 10.0. The van der Waals surface area contributed by atoms with Crippen LogP contribution in [0, 0.1) is 13.8 Å². The van der Waals surface area contributed by atoms with E-state index in [4.69, 9.17) is 23.2 Å². The van der Waals surface area contributed by atoms with Gasteiger partial charge in [-0.05, 0) is 67.3 Å². The molecule has 0 saturated heterocycles. The predicted octanol–water partition coefficient (Wildman–Crippen LogP) is 6.97. The number of halogens is 2. The van der Waals surface area contributed by atoms with E-state index in [0.29, 0.717) is 28.6 Å². The summed E-state index contributed by atoms with van der Waals surface area (Å²) in [6, 6.07) is 26.8. The molecule has 0 spiro atoms. The summed E-state index contributed by atoms with van der Waals surface area (Å²) in [6.07, 6.45) is 0.923. The fraction of sp³-hybridized carbons (Fsp3) is 0.257. The average Bonchev–Trinajstić information content (AvgIpc) is 3.03. The molecule has 0 heterocycles. The zero-order valence-corrected chi connectivity index (χ0v) is 27.9. The largest absolute Gasteiger partial charge is 0.354 e. The van der Waals surface area contributed by atoms with Crippen LogP contribution in [0.1, 0.15) is 35.6 Å². The first-order valence-electron chi connectivity index (χ1n) is 14.7. The second-order valence-corrected chi connectivity index (χ2v) is 13.5. The molecule has 0 aromatic heterocycles. The summed E-state index contributed by atoms with van der Waals surface area (Å²) in [5.74, 6) is -0.915. The van der Waals surface area contributed by atoms with Gasteiger partial charge in [-0.3, -0.25) is 13.9 Å². The van der Waals surface area contributed by atoms with E-state index in [0.717, 1.165) is 21.0 Å². The quantitative estimate of drug-likeness (QED) is 0.167. The summed E-state index contributed by atoms with van der Waals surface area (Å²) in [4.78, 5) is 29.7. The summed E-state index contributed by atoms with van der Waals surface area (Å²) >= 11 is 13.0. The van der Waals surface area contributed by atoms with Gasteiger partial charge in [0.05, 0.1) is 10.6 Å². The lowest BCUT2D eigenvalue weighted by Gasteiger charge is -2.34. The molecule has 0 fully saturated rings.